The van der Waals surface area contributed by atoms with Gasteiger partial charge in [-0.1, -0.05) is 0 Å². The summed E-state index contributed by atoms with van der Waals surface area (Å²) in [6.45, 7) is 3.49. The van der Waals surface area contributed by atoms with E-state index in [2.05, 4.69) is 31.1 Å². The van der Waals surface area contributed by atoms with Gasteiger partial charge in [0.1, 0.15) is 5.82 Å². The molecule has 0 radical (unpaired) electrons. The molecule has 114 valence electrons. The van der Waals surface area contributed by atoms with Crippen molar-refractivity contribution < 1.29 is 9.90 Å². The molecular weight excluding hydrogens is 336 g/mol. The number of anilines is 1. The lowest BCUT2D eigenvalue weighted by molar-refractivity contribution is -0.133. The molecule has 0 spiro atoms. The largest absolute Gasteiger partial charge is 0.392 e. The minimum atomic E-state index is -0.396. The highest BCUT2D eigenvalue weighted by atomic mass is 79.9. The van der Waals surface area contributed by atoms with E-state index in [0.29, 0.717) is 26.1 Å². The van der Waals surface area contributed by atoms with Gasteiger partial charge in [0.15, 0.2) is 0 Å². The SMILES string of the molecule is O=C([C@@H]1C[C@@H](O)CN1)N1CCN(c2ccc(Br)cn2)CC1. The normalized spacial score (nSPS) is 26.2. The van der Waals surface area contributed by atoms with E-state index < -0.39 is 6.10 Å². The maximum atomic E-state index is 12.3. The number of amides is 1. The van der Waals surface area contributed by atoms with Crippen LogP contribution in [-0.4, -0.2) is 65.8 Å². The fourth-order valence-electron chi connectivity index (χ4n) is 2.84. The van der Waals surface area contributed by atoms with Crippen LogP contribution in [0.25, 0.3) is 0 Å². The molecule has 2 N–H and O–H groups in total. The number of aliphatic hydroxyl groups is 1. The molecule has 21 heavy (non-hydrogen) atoms. The quantitative estimate of drug-likeness (QED) is 0.794. The molecule has 0 aliphatic carbocycles. The average molecular weight is 355 g/mol. The second kappa shape index (κ2) is 6.29. The van der Waals surface area contributed by atoms with Crippen LogP contribution in [-0.2, 0) is 4.79 Å². The van der Waals surface area contributed by atoms with Crippen molar-refractivity contribution in [3.63, 3.8) is 0 Å². The first-order valence-electron chi connectivity index (χ1n) is 7.20. The van der Waals surface area contributed by atoms with E-state index in [4.69, 9.17) is 0 Å². The Kier molecular flexibility index (Phi) is 4.42. The van der Waals surface area contributed by atoms with Gasteiger partial charge in [-0.05, 0) is 34.5 Å². The number of hydrogen-bond donors (Lipinski definition) is 2. The first-order chi connectivity index (χ1) is 10.1. The number of halogens is 1. The molecule has 2 aliphatic heterocycles. The van der Waals surface area contributed by atoms with Gasteiger partial charge in [0.2, 0.25) is 5.91 Å². The number of aromatic nitrogens is 1. The van der Waals surface area contributed by atoms with Crippen LogP contribution in [0, 0.1) is 0 Å². The smallest absolute Gasteiger partial charge is 0.239 e. The van der Waals surface area contributed by atoms with Crippen LogP contribution in [0.4, 0.5) is 5.82 Å². The third kappa shape index (κ3) is 3.36. The lowest BCUT2D eigenvalue weighted by atomic mass is 10.1. The van der Waals surface area contributed by atoms with Gasteiger partial charge in [0.25, 0.3) is 0 Å². The van der Waals surface area contributed by atoms with Gasteiger partial charge in [0, 0.05) is 43.4 Å². The highest BCUT2D eigenvalue weighted by molar-refractivity contribution is 9.10. The molecule has 1 aromatic rings. The Bertz CT molecular complexity index is 502. The molecule has 2 aliphatic rings. The van der Waals surface area contributed by atoms with Gasteiger partial charge < -0.3 is 20.2 Å². The van der Waals surface area contributed by atoms with Gasteiger partial charge in [-0.3, -0.25) is 4.79 Å². The molecule has 1 amide bonds. The van der Waals surface area contributed by atoms with Gasteiger partial charge in [-0.15, -0.1) is 0 Å². The Balaban J connectivity index is 1.55. The first-order valence-corrected chi connectivity index (χ1v) is 7.99. The van der Waals surface area contributed by atoms with Crippen molar-refractivity contribution >= 4 is 27.7 Å². The summed E-state index contributed by atoms with van der Waals surface area (Å²) in [4.78, 5) is 20.8. The van der Waals surface area contributed by atoms with Crippen molar-refractivity contribution in [1.82, 2.24) is 15.2 Å². The molecular formula is C14H19BrN4O2. The summed E-state index contributed by atoms with van der Waals surface area (Å²) in [5.41, 5.74) is 0. The molecule has 2 fully saturated rings. The number of hydrogen-bond acceptors (Lipinski definition) is 5. The molecule has 2 saturated heterocycles. The van der Waals surface area contributed by atoms with E-state index in [1.807, 2.05) is 17.0 Å². The number of pyridine rings is 1. The van der Waals surface area contributed by atoms with E-state index in [9.17, 15) is 9.90 Å². The minimum absolute atomic E-state index is 0.106. The molecule has 3 rings (SSSR count). The summed E-state index contributed by atoms with van der Waals surface area (Å²) in [5.74, 6) is 1.05. The monoisotopic (exact) mass is 354 g/mol. The Morgan fingerprint density at radius 1 is 1.33 bits per heavy atom. The number of piperazine rings is 1. The summed E-state index contributed by atoms with van der Waals surface area (Å²) in [6.07, 6.45) is 1.91. The van der Waals surface area contributed by atoms with E-state index in [-0.39, 0.29) is 11.9 Å². The summed E-state index contributed by atoms with van der Waals surface area (Å²) in [6, 6.07) is 3.73. The lowest BCUT2D eigenvalue weighted by Crippen LogP contribution is -2.53. The number of nitrogens with zero attached hydrogens (tertiary/aromatic N) is 3. The fourth-order valence-corrected chi connectivity index (χ4v) is 3.07. The second-order valence-electron chi connectivity index (χ2n) is 5.50. The van der Waals surface area contributed by atoms with E-state index in [1.54, 1.807) is 6.20 Å². The van der Waals surface area contributed by atoms with Crippen LogP contribution in [0.1, 0.15) is 6.42 Å². The van der Waals surface area contributed by atoms with Crippen LogP contribution < -0.4 is 10.2 Å². The zero-order valence-corrected chi connectivity index (χ0v) is 13.3. The van der Waals surface area contributed by atoms with Gasteiger partial charge in [-0.2, -0.15) is 0 Å². The lowest BCUT2D eigenvalue weighted by Gasteiger charge is -2.36. The molecule has 7 heteroatoms. The predicted octanol–water partition coefficient (Wildman–Crippen LogP) is 0.216. The fraction of sp³-hybridized carbons (Fsp3) is 0.571. The number of carbonyl (C=O) groups is 1. The third-order valence-corrected chi connectivity index (χ3v) is 4.50. The average Bonchev–Trinajstić information content (AvgIpc) is 2.94. The number of carbonyl (C=O) groups excluding carboxylic acids is 1. The van der Waals surface area contributed by atoms with Crippen LogP contribution in [0.2, 0.25) is 0 Å². The van der Waals surface area contributed by atoms with E-state index >= 15 is 0 Å². The molecule has 0 saturated carbocycles. The highest BCUT2D eigenvalue weighted by Crippen LogP contribution is 2.17. The topological polar surface area (TPSA) is 68.7 Å². The summed E-state index contributed by atoms with van der Waals surface area (Å²) in [7, 11) is 0. The third-order valence-electron chi connectivity index (χ3n) is 4.03. The van der Waals surface area contributed by atoms with Crippen molar-refractivity contribution in [3.05, 3.63) is 22.8 Å². The molecule has 3 heterocycles. The second-order valence-corrected chi connectivity index (χ2v) is 6.41. The zero-order chi connectivity index (χ0) is 14.8. The Hall–Kier alpha value is -1.18. The number of rotatable bonds is 2. The van der Waals surface area contributed by atoms with Crippen LogP contribution in [0.3, 0.4) is 0 Å². The highest BCUT2D eigenvalue weighted by Gasteiger charge is 2.32. The molecule has 1 aromatic heterocycles. The van der Waals surface area contributed by atoms with Crippen LogP contribution >= 0.6 is 15.9 Å². The minimum Gasteiger partial charge on any atom is -0.392 e. The predicted molar refractivity (Wildman–Crippen MR) is 83.1 cm³/mol. The van der Waals surface area contributed by atoms with Gasteiger partial charge in [0.05, 0.1) is 12.1 Å². The number of nitrogens with one attached hydrogen (secondary N) is 1. The standard InChI is InChI=1S/C14H19BrN4O2/c15-10-1-2-13(17-8-10)18-3-5-19(6-4-18)14(21)12-7-11(20)9-16-12/h1-2,8,11-12,16,20H,3-7,9H2/t11-,12+/m1/s1. The first kappa shape index (κ1) is 14.7. The molecule has 0 unspecified atom stereocenters. The maximum absolute atomic E-state index is 12.3. The zero-order valence-electron chi connectivity index (χ0n) is 11.7. The summed E-state index contributed by atoms with van der Waals surface area (Å²) >= 11 is 3.38. The summed E-state index contributed by atoms with van der Waals surface area (Å²) < 4.78 is 0.964. The van der Waals surface area contributed by atoms with Gasteiger partial charge >= 0.3 is 0 Å². The van der Waals surface area contributed by atoms with Crippen LogP contribution in [0.15, 0.2) is 22.8 Å². The Morgan fingerprint density at radius 2 is 2.10 bits per heavy atom. The number of aliphatic hydroxyl groups excluding tert-OH is 1. The van der Waals surface area contributed by atoms with E-state index in [0.717, 1.165) is 23.4 Å². The van der Waals surface area contributed by atoms with Crippen molar-refractivity contribution in [3.8, 4) is 0 Å². The Labute approximate surface area is 132 Å². The van der Waals surface area contributed by atoms with Crippen molar-refractivity contribution in [1.29, 1.82) is 0 Å². The molecule has 0 aromatic carbocycles. The summed E-state index contributed by atoms with van der Waals surface area (Å²) in [5, 5.41) is 12.6. The Morgan fingerprint density at radius 3 is 2.67 bits per heavy atom. The van der Waals surface area contributed by atoms with Gasteiger partial charge in [-0.25, -0.2) is 4.98 Å². The van der Waals surface area contributed by atoms with Crippen molar-refractivity contribution in [2.75, 3.05) is 37.6 Å². The van der Waals surface area contributed by atoms with Crippen molar-refractivity contribution in [2.24, 2.45) is 0 Å². The molecule has 6 nitrogen and oxygen atoms in total. The van der Waals surface area contributed by atoms with E-state index in [1.165, 1.54) is 0 Å². The maximum Gasteiger partial charge on any atom is 0.239 e. The van der Waals surface area contributed by atoms with Crippen LogP contribution in [0.5, 0.6) is 0 Å². The molecule has 0 bridgehead atoms. The van der Waals surface area contributed by atoms with Crippen molar-refractivity contribution in [2.45, 2.75) is 18.6 Å². The number of β-amino-alcohol motifs (C(OH)–C–C–N with tert-alkyl or cyclic N) is 1. The molecule has 2 atom stereocenters.